The third-order valence-electron chi connectivity index (χ3n) is 5.99. The number of rotatable bonds is 5. The monoisotopic (exact) mass is 336 g/mol. The van der Waals surface area contributed by atoms with Crippen LogP contribution in [0, 0.1) is 0 Å². The van der Waals surface area contributed by atoms with Gasteiger partial charge in [0.15, 0.2) is 0 Å². The summed E-state index contributed by atoms with van der Waals surface area (Å²) in [7, 11) is 0. The number of piperidine rings is 2. The van der Waals surface area contributed by atoms with Crippen molar-refractivity contribution in [1.82, 2.24) is 9.80 Å². The fourth-order valence-corrected chi connectivity index (χ4v) is 4.64. The minimum Gasteiger partial charge on any atom is -0.337 e. The molecule has 4 atom stereocenters. The maximum atomic E-state index is 12.5. The maximum absolute atomic E-state index is 12.5. The van der Waals surface area contributed by atoms with Crippen LogP contribution in [0.15, 0.2) is 0 Å². The van der Waals surface area contributed by atoms with Crippen molar-refractivity contribution in [1.29, 1.82) is 0 Å². The van der Waals surface area contributed by atoms with E-state index < -0.39 is 0 Å². The predicted octanol–water partition coefficient (Wildman–Crippen LogP) is 4.13. The van der Waals surface area contributed by atoms with Gasteiger partial charge in [0.05, 0.1) is 0 Å². The van der Waals surface area contributed by atoms with Gasteiger partial charge in [0.2, 0.25) is 11.8 Å². The fraction of sp³-hybridized carbons (Fsp3) is 0.900. The van der Waals surface area contributed by atoms with Crippen molar-refractivity contribution in [3.63, 3.8) is 0 Å². The van der Waals surface area contributed by atoms with Gasteiger partial charge in [-0.3, -0.25) is 9.59 Å². The molecule has 2 aliphatic heterocycles. The van der Waals surface area contributed by atoms with Crippen LogP contribution >= 0.6 is 0 Å². The molecule has 2 fully saturated rings. The molecule has 0 aromatic rings. The molecule has 0 N–H and O–H groups in total. The molecule has 0 bridgehead atoms. The zero-order chi connectivity index (χ0) is 17.7. The number of unbranched alkanes of at least 4 members (excludes halogenated alkanes) is 1. The number of carbonyl (C=O) groups excluding carboxylic acids is 2. The molecular formula is C20H36N2O2. The summed E-state index contributed by atoms with van der Waals surface area (Å²) >= 11 is 0. The van der Waals surface area contributed by atoms with Crippen molar-refractivity contribution in [2.45, 2.75) is 116 Å². The van der Waals surface area contributed by atoms with E-state index in [0.29, 0.717) is 37.0 Å². The molecule has 4 unspecified atom stereocenters. The summed E-state index contributed by atoms with van der Waals surface area (Å²) in [6, 6.07) is 1.49. The van der Waals surface area contributed by atoms with Crippen molar-refractivity contribution in [2.24, 2.45) is 0 Å². The van der Waals surface area contributed by atoms with Crippen LogP contribution in [0.4, 0.5) is 0 Å². The molecular weight excluding hydrogens is 300 g/mol. The Morgan fingerprint density at radius 3 is 1.25 bits per heavy atom. The highest BCUT2D eigenvalue weighted by Crippen LogP contribution is 2.25. The van der Waals surface area contributed by atoms with E-state index in [1.807, 2.05) is 0 Å². The highest BCUT2D eigenvalue weighted by molar-refractivity contribution is 5.78. The number of amides is 2. The maximum Gasteiger partial charge on any atom is 0.223 e. The summed E-state index contributed by atoms with van der Waals surface area (Å²) in [6.45, 7) is 8.65. The first-order valence-electron chi connectivity index (χ1n) is 10.0. The average Bonchev–Trinajstić information content (AvgIpc) is 2.51. The second kappa shape index (κ2) is 8.87. The Kier molecular flexibility index (Phi) is 7.12. The van der Waals surface area contributed by atoms with Crippen molar-refractivity contribution in [2.75, 3.05) is 0 Å². The number of nitrogens with zero attached hydrogens (tertiary/aromatic N) is 2. The third-order valence-corrected chi connectivity index (χ3v) is 5.99. The lowest BCUT2D eigenvalue weighted by atomic mass is 9.96. The summed E-state index contributed by atoms with van der Waals surface area (Å²) in [4.78, 5) is 29.2. The lowest BCUT2D eigenvalue weighted by Crippen LogP contribution is -2.47. The van der Waals surface area contributed by atoms with Crippen LogP contribution in [-0.4, -0.2) is 45.8 Å². The van der Waals surface area contributed by atoms with Crippen molar-refractivity contribution >= 4 is 11.8 Å². The van der Waals surface area contributed by atoms with Gasteiger partial charge >= 0.3 is 0 Å². The van der Waals surface area contributed by atoms with Gasteiger partial charge in [0.25, 0.3) is 0 Å². The number of hydrogen-bond acceptors (Lipinski definition) is 2. The molecule has 0 aromatic heterocycles. The minimum atomic E-state index is 0.279. The Hall–Kier alpha value is -1.06. The lowest BCUT2D eigenvalue weighted by molar-refractivity contribution is -0.139. The molecule has 0 spiro atoms. The average molecular weight is 337 g/mol. The van der Waals surface area contributed by atoms with Gasteiger partial charge in [-0.2, -0.15) is 0 Å². The van der Waals surface area contributed by atoms with Crippen LogP contribution in [0.5, 0.6) is 0 Å². The summed E-state index contributed by atoms with van der Waals surface area (Å²) < 4.78 is 0. The molecule has 4 heteroatoms. The normalized spacial score (nSPS) is 31.2. The summed E-state index contributed by atoms with van der Waals surface area (Å²) in [6.07, 6.45) is 9.80. The molecule has 0 radical (unpaired) electrons. The number of hydrogen-bond donors (Lipinski definition) is 0. The fourth-order valence-electron chi connectivity index (χ4n) is 4.64. The van der Waals surface area contributed by atoms with Crippen LogP contribution in [0.3, 0.4) is 0 Å². The zero-order valence-corrected chi connectivity index (χ0v) is 16.1. The summed E-state index contributed by atoms with van der Waals surface area (Å²) in [5, 5.41) is 0. The number of carbonyl (C=O) groups is 2. The third kappa shape index (κ3) is 4.73. The van der Waals surface area contributed by atoms with E-state index in [9.17, 15) is 9.59 Å². The van der Waals surface area contributed by atoms with E-state index in [4.69, 9.17) is 0 Å². The standard InChI is InChI=1S/C20H36N2O2/c1-15-9-7-10-16(2)21(15)19(23)13-5-6-14-20(24)22-17(3)11-8-12-18(22)4/h15-18H,5-14H2,1-4H3. The Morgan fingerprint density at radius 2 is 0.958 bits per heavy atom. The van der Waals surface area contributed by atoms with E-state index in [-0.39, 0.29) is 11.8 Å². The van der Waals surface area contributed by atoms with E-state index >= 15 is 0 Å². The highest BCUT2D eigenvalue weighted by Gasteiger charge is 2.29. The van der Waals surface area contributed by atoms with Crippen LogP contribution in [0.2, 0.25) is 0 Å². The van der Waals surface area contributed by atoms with Crippen molar-refractivity contribution in [3.8, 4) is 0 Å². The van der Waals surface area contributed by atoms with Gasteiger partial charge in [-0.05, 0) is 79.1 Å². The Labute approximate surface area is 148 Å². The van der Waals surface area contributed by atoms with E-state index in [0.717, 1.165) is 38.5 Å². The quantitative estimate of drug-likeness (QED) is 0.708. The molecule has 138 valence electrons. The largest absolute Gasteiger partial charge is 0.337 e. The van der Waals surface area contributed by atoms with Gasteiger partial charge < -0.3 is 9.80 Å². The second-order valence-corrected chi connectivity index (χ2v) is 8.07. The molecule has 2 amide bonds. The van der Waals surface area contributed by atoms with E-state index in [1.54, 1.807) is 0 Å². The smallest absolute Gasteiger partial charge is 0.223 e. The van der Waals surface area contributed by atoms with Crippen LogP contribution in [0.1, 0.15) is 91.9 Å². The molecule has 0 saturated carbocycles. The van der Waals surface area contributed by atoms with E-state index in [2.05, 4.69) is 37.5 Å². The summed E-state index contributed by atoms with van der Waals surface area (Å²) in [5.41, 5.74) is 0. The first-order chi connectivity index (χ1) is 11.4. The van der Waals surface area contributed by atoms with Crippen LogP contribution in [-0.2, 0) is 9.59 Å². The van der Waals surface area contributed by atoms with Gasteiger partial charge in [-0.15, -0.1) is 0 Å². The number of likely N-dealkylation sites (tertiary alicyclic amines) is 2. The molecule has 2 heterocycles. The molecule has 0 aromatic carbocycles. The van der Waals surface area contributed by atoms with Gasteiger partial charge in [-0.25, -0.2) is 0 Å². The van der Waals surface area contributed by atoms with Crippen LogP contribution < -0.4 is 0 Å². The Morgan fingerprint density at radius 1 is 0.667 bits per heavy atom. The lowest BCUT2D eigenvalue weighted by Gasteiger charge is -2.39. The topological polar surface area (TPSA) is 40.6 Å². The Bertz CT molecular complexity index is 377. The first-order valence-corrected chi connectivity index (χ1v) is 10.0. The Balaban J connectivity index is 1.72. The molecule has 2 rings (SSSR count). The molecule has 24 heavy (non-hydrogen) atoms. The molecule has 2 saturated heterocycles. The van der Waals surface area contributed by atoms with Crippen molar-refractivity contribution in [3.05, 3.63) is 0 Å². The second-order valence-electron chi connectivity index (χ2n) is 8.07. The molecule has 2 aliphatic rings. The van der Waals surface area contributed by atoms with E-state index in [1.165, 1.54) is 12.8 Å². The SMILES string of the molecule is CC1CCCC(C)N1C(=O)CCCCC(=O)N1C(C)CCCC1C. The van der Waals surface area contributed by atoms with Crippen molar-refractivity contribution < 1.29 is 9.59 Å². The summed E-state index contributed by atoms with van der Waals surface area (Å²) in [5.74, 6) is 0.559. The van der Waals surface area contributed by atoms with Gasteiger partial charge in [0.1, 0.15) is 0 Å². The zero-order valence-electron chi connectivity index (χ0n) is 16.1. The minimum absolute atomic E-state index is 0.279. The van der Waals surface area contributed by atoms with Crippen LogP contribution in [0.25, 0.3) is 0 Å². The molecule has 4 nitrogen and oxygen atoms in total. The predicted molar refractivity (Wildman–Crippen MR) is 97.7 cm³/mol. The first kappa shape index (κ1) is 19.3. The highest BCUT2D eigenvalue weighted by atomic mass is 16.2. The van der Waals surface area contributed by atoms with Gasteiger partial charge in [0, 0.05) is 37.0 Å². The molecule has 0 aliphatic carbocycles. The van der Waals surface area contributed by atoms with Gasteiger partial charge in [-0.1, -0.05) is 0 Å².